The van der Waals surface area contributed by atoms with Gasteiger partial charge in [0.1, 0.15) is 17.2 Å². The zero-order valence-electron chi connectivity index (χ0n) is 18.2. The van der Waals surface area contributed by atoms with Gasteiger partial charge in [-0.25, -0.2) is 4.79 Å². The van der Waals surface area contributed by atoms with Crippen molar-refractivity contribution in [2.24, 2.45) is 0 Å². The number of ketones is 1. The molecule has 0 aliphatic carbocycles. The molecule has 0 bridgehead atoms. The van der Waals surface area contributed by atoms with Gasteiger partial charge in [0.15, 0.2) is 5.78 Å². The number of rotatable bonds is 10. The van der Waals surface area contributed by atoms with Crippen LogP contribution in [0.3, 0.4) is 0 Å². The molecular weight excluding hydrogens is 438 g/mol. The van der Waals surface area contributed by atoms with E-state index >= 15 is 0 Å². The number of phenols is 1. The number of amides is 1. The Balaban J connectivity index is 1.98. The van der Waals surface area contributed by atoms with Gasteiger partial charge in [-0.3, -0.25) is 9.59 Å². The number of carboxylic acids is 1. The van der Waals surface area contributed by atoms with Crippen molar-refractivity contribution in [3.05, 3.63) is 46.0 Å². The van der Waals surface area contributed by atoms with Crippen molar-refractivity contribution >= 4 is 34.9 Å². The van der Waals surface area contributed by atoms with Crippen molar-refractivity contribution < 1.29 is 34.1 Å². The van der Waals surface area contributed by atoms with Crippen LogP contribution in [0.15, 0.2) is 24.3 Å². The Kier molecular flexibility index (Phi) is 8.90. The Morgan fingerprint density at radius 2 is 1.75 bits per heavy atom. The molecule has 9 heteroatoms. The minimum Gasteiger partial charge on any atom is -0.507 e. The average Bonchev–Trinajstić information content (AvgIpc) is 2.72. The number of hydrogen-bond donors (Lipinski definition) is 3. The van der Waals surface area contributed by atoms with E-state index in [4.69, 9.17) is 26.2 Å². The van der Waals surface area contributed by atoms with Crippen molar-refractivity contribution in [2.45, 2.75) is 40.0 Å². The number of aliphatic carboxylic acids is 1. The van der Waals surface area contributed by atoms with E-state index in [0.717, 1.165) is 12.0 Å². The molecule has 0 radical (unpaired) electrons. The smallest absolute Gasteiger partial charge is 0.394 e. The van der Waals surface area contributed by atoms with Gasteiger partial charge in [-0.1, -0.05) is 24.9 Å². The largest absolute Gasteiger partial charge is 0.507 e. The molecule has 0 fully saturated rings. The second kappa shape index (κ2) is 11.4. The Morgan fingerprint density at radius 3 is 2.34 bits per heavy atom. The zero-order valence-corrected chi connectivity index (χ0v) is 18.9. The number of phenolic OH excluding ortho intramolecular Hbond substituents is 1. The fourth-order valence-corrected chi connectivity index (χ4v) is 3.30. The maximum absolute atomic E-state index is 11.7. The number of aryl methyl sites for hydroxylation is 1. The van der Waals surface area contributed by atoms with Crippen molar-refractivity contribution in [2.75, 3.05) is 18.5 Å². The third kappa shape index (κ3) is 6.37. The highest BCUT2D eigenvalue weighted by atomic mass is 35.5. The van der Waals surface area contributed by atoms with Crippen LogP contribution in [-0.4, -0.2) is 41.1 Å². The number of carboxylic acid groups (broad SMARTS) is 1. The first-order valence-corrected chi connectivity index (χ1v) is 10.5. The van der Waals surface area contributed by atoms with Gasteiger partial charge in [-0.2, -0.15) is 0 Å². The highest BCUT2D eigenvalue weighted by molar-refractivity contribution is 6.39. The van der Waals surface area contributed by atoms with E-state index < -0.39 is 11.9 Å². The van der Waals surface area contributed by atoms with Crippen molar-refractivity contribution in [3.63, 3.8) is 0 Å². The van der Waals surface area contributed by atoms with Gasteiger partial charge >= 0.3 is 11.9 Å². The summed E-state index contributed by atoms with van der Waals surface area (Å²) in [6.45, 7) is 5.75. The molecule has 32 heavy (non-hydrogen) atoms. The number of carbonyl (C=O) groups is 3. The number of benzene rings is 2. The number of nitrogens with one attached hydrogen (secondary N) is 1. The third-order valence-corrected chi connectivity index (χ3v) is 4.94. The molecule has 0 unspecified atom stereocenters. The summed E-state index contributed by atoms with van der Waals surface area (Å²) < 4.78 is 11.5. The molecule has 0 saturated carbocycles. The van der Waals surface area contributed by atoms with Crippen molar-refractivity contribution in [1.29, 1.82) is 0 Å². The lowest BCUT2D eigenvalue weighted by Gasteiger charge is -2.15. The van der Waals surface area contributed by atoms with E-state index in [2.05, 4.69) is 5.32 Å². The summed E-state index contributed by atoms with van der Waals surface area (Å²) in [7, 11) is 0. The molecule has 3 N–H and O–H groups in total. The Morgan fingerprint density at radius 1 is 1.09 bits per heavy atom. The normalized spacial score (nSPS) is 10.5. The van der Waals surface area contributed by atoms with Gasteiger partial charge in [-0.05, 0) is 44.0 Å². The van der Waals surface area contributed by atoms with Gasteiger partial charge in [0.05, 0.1) is 29.5 Å². The van der Waals surface area contributed by atoms with Crippen LogP contribution in [0.4, 0.5) is 5.69 Å². The monoisotopic (exact) mass is 463 g/mol. The third-order valence-electron chi connectivity index (χ3n) is 4.63. The Labute approximate surface area is 191 Å². The van der Waals surface area contributed by atoms with Gasteiger partial charge in [0.2, 0.25) is 0 Å². The average molecular weight is 464 g/mol. The standard InChI is InChI=1S/C23H26ClNO7/c1-4-6-16-19(8-7-15(14(3)26)21(16)27)31-9-5-10-32-20-12-18(17(24)11-13(20)2)25-22(28)23(29)30/h7-8,11-12,27H,4-6,9-10H2,1-3H3,(H,25,28)(H,29,30). The number of ether oxygens (including phenoxy) is 2. The molecule has 0 aliphatic heterocycles. The van der Waals surface area contributed by atoms with E-state index in [0.29, 0.717) is 36.5 Å². The highest BCUT2D eigenvalue weighted by Crippen LogP contribution is 2.33. The summed E-state index contributed by atoms with van der Waals surface area (Å²) in [5, 5.41) is 21.5. The zero-order chi connectivity index (χ0) is 23.8. The summed E-state index contributed by atoms with van der Waals surface area (Å²) in [6, 6.07) is 6.27. The summed E-state index contributed by atoms with van der Waals surface area (Å²) in [5.74, 6) is -2.10. The summed E-state index contributed by atoms with van der Waals surface area (Å²) >= 11 is 6.06. The fourth-order valence-electron chi connectivity index (χ4n) is 3.03. The van der Waals surface area contributed by atoms with Crippen molar-refractivity contribution in [3.8, 4) is 17.2 Å². The molecule has 0 saturated heterocycles. The SMILES string of the molecule is CCCc1c(OCCCOc2cc(NC(=O)C(=O)O)c(Cl)cc2C)ccc(C(C)=O)c1O. The maximum Gasteiger partial charge on any atom is 0.394 e. The molecule has 8 nitrogen and oxygen atoms in total. The predicted octanol–water partition coefficient (Wildman–Crippen LogP) is 4.38. The van der Waals surface area contributed by atoms with Crippen LogP contribution in [0, 0.1) is 6.92 Å². The molecule has 0 heterocycles. The van der Waals surface area contributed by atoms with Crippen LogP contribution < -0.4 is 14.8 Å². The van der Waals surface area contributed by atoms with Crippen molar-refractivity contribution in [1.82, 2.24) is 0 Å². The summed E-state index contributed by atoms with van der Waals surface area (Å²) in [4.78, 5) is 33.8. The van der Waals surface area contributed by atoms with Gasteiger partial charge < -0.3 is 25.0 Å². The molecule has 172 valence electrons. The van der Waals surface area contributed by atoms with E-state index in [1.165, 1.54) is 13.0 Å². The minimum atomic E-state index is -1.62. The number of hydrogen-bond acceptors (Lipinski definition) is 6. The fraction of sp³-hybridized carbons (Fsp3) is 0.348. The molecular formula is C23H26ClNO7. The number of halogens is 1. The van der Waals surface area contributed by atoms with Crippen LogP contribution in [0.25, 0.3) is 0 Å². The number of anilines is 1. The molecule has 1 amide bonds. The second-order valence-corrected chi connectivity index (χ2v) is 7.56. The molecule has 2 aromatic rings. The first-order valence-electron chi connectivity index (χ1n) is 10.1. The van der Waals surface area contributed by atoms with Crippen LogP contribution in [-0.2, 0) is 16.0 Å². The van der Waals surface area contributed by atoms with Gasteiger partial charge in [0.25, 0.3) is 0 Å². The number of Topliss-reactive ketones (excluding diaryl/α,β-unsaturated/α-hetero) is 1. The molecule has 0 aliphatic rings. The number of aromatic hydroxyl groups is 1. The van der Waals surface area contributed by atoms with E-state index in [9.17, 15) is 19.5 Å². The van der Waals surface area contributed by atoms with Crippen LogP contribution in [0.5, 0.6) is 17.2 Å². The lowest BCUT2D eigenvalue weighted by molar-refractivity contribution is -0.147. The molecule has 2 rings (SSSR count). The minimum absolute atomic E-state index is 0.0409. The predicted molar refractivity (Wildman–Crippen MR) is 120 cm³/mol. The topological polar surface area (TPSA) is 122 Å². The Hall–Kier alpha value is -3.26. The molecule has 0 atom stereocenters. The lowest BCUT2D eigenvalue weighted by atomic mass is 10.0. The summed E-state index contributed by atoms with van der Waals surface area (Å²) in [6.07, 6.45) is 1.87. The quantitative estimate of drug-likeness (QED) is 0.271. The lowest BCUT2D eigenvalue weighted by Crippen LogP contribution is -2.22. The van der Waals surface area contributed by atoms with E-state index in [-0.39, 0.29) is 34.4 Å². The van der Waals surface area contributed by atoms with Gasteiger partial charge in [0, 0.05) is 18.1 Å². The van der Waals surface area contributed by atoms with Crippen LogP contribution >= 0.6 is 11.6 Å². The first kappa shape index (κ1) is 25.0. The molecule has 0 aromatic heterocycles. The maximum atomic E-state index is 11.7. The van der Waals surface area contributed by atoms with E-state index in [1.807, 2.05) is 6.92 Å². The highest BCUT2D eigenvalue weighted by Gasteiger charge is 2.17. The summed E-state index contributed by atoms with van der Waals surface area (Å²) in [5.41, 5.74) is 1.74. The van der Waals surface area contributed by atoms with Crippen LogP contribution in [0.1, 0.15) is 48.2 Å². The first-order chi connectivity index (χ1) is 15.1. The molecule has 2 aromatic carbocycles. The number of carbonyl (C=O) groups excluding carboxylic acids is 2. The van der Waals surface area contributed by atoms with Gasteiger partial charge in [-0.15, -0.1) is 0 Å². The van der Waals surface area contributed by atoms with Crippen LogP contribution in [0.2, 0.25) is 5.02 Å². The molecule has 0 spiro atoms. The second-order valence-electron chi connectivity index (χ2n) is 7.15. The Bertz CT molecular complexity index is 1020. The van der Waals surface area contributed by atoms with E-state index in [1.54, 1.807) is 25.1 Å².